The fraction of sp³-hybridized carbons (Fsp3) is 0.385. The number of nitrogens with zero attached hydrogens (tertiary/aromatic N) is 1. The second-order valence-electron chi connectivity index (χ2n) is 3.81. The summed E-state index contributed by atoms with van der Waals surface area (Å²) in [6.07, 6.45) is 2.21. The van der Waals surface area contributed by atoms with Crippen LogP contribution < -0.4 is 5.32 Å². The predicted octanol–water partition coefficient (Wildman–Crippen LogP) is 3.18. The van der Waals surface area contributed by atoms with Gasteiger partial charge in [-0.2, -0.15) is 5.26 Å². The zero-order chi connectivity index (χ0) is 12.7. The van der Waals surface area contributed by atoms with Gasteiger partial charge in [0, 0.05) is 17.4 Å². The largest absolute Gasteiger partial charge is 0.352 e. The first-order valence-electron chi connectivity index (χ1n) is 5.57. The maximum absolute atomic E-state index is 11.8. The molecule has 0 spiro atoms. The Bertz CT molecular complexity index is 438. The molecule has 17 heavy (non-hydrogen) atoms. The molecule has 90 valence electrons. The summed E-state index contributed by atoms with van der Waals surface area (Å²) in [4.78, 5) is 11.8. The lowest BCUT2D eigenvalue weighted by molar-refractivity contribution is 0.0952. The number of hydrogen-bond acceptors (Lipinski definition) is 2. The van der Waals surface area contributed by atoms with Crippen molar-refractivity contribution in [2.45, 2.75) is 26.2 Å². The molecule has 0 aliphatic rings. The van der Waals surface area contributed by atoms with Crippen molar-refractivity contribution < 1.29 is 4.79 Å². The highest BCUT2D eigenvalue weighted by atomic mass is 79.9. The van der Waals surface area contributed by atoms with Crippen molar-refractivity contribution in [3.05, 3.63) is 33.8 Å². The molecule has 0 aromatic heterocycles. The Balaban J connectivity index is 2.48. The van der Waals surface area contributed by atoms with Gasteiger partial charge in [0.1, 0.15) is 0 Å². The Morgan fingerprint density at radius 2 is 2.24 bits per heavy atom. The van der Waals surface area contributed by atoms with E-state index in [0.717, 1.165) is 22.9 Å². The number of rotatable bonds is 5. The van der Waals surface area contributed by atoms with Crippen LogP contribution in [0.5, 0.6) is 0 Å². The monoisotopic (exact) mass is 294 g/mol. The third kappa shape index (κ3) is 4.20. The molecular weight excluding hydrogens is 280 g/mol. The van der Waals surface area contributed by atoms with Crippen molar-refractivity contribution in [3.8, 4) is 6.07 Å². The van der Waals surface area contributed by atoms with Crippen LogP contribution in [0.3, 0.4) is 0 Å². The Morgan fingerprint density at radius 1 is 1.47 bits per heavy atom. The van der Waals surface area contributed by atoms with Crippen molar-refractivity contribution in [2.75, 3.05) is 6.54 Å². The van der Waals surface area contributed by atoms with Crippen molar-refractivity contribution in [3.63, 3.8) is 0 Å². The van der Waals surface area contributed by atoms with Gasteiger partial charge in [-0.25, -0.2) is 0 Å². The predicted molar refractivity (Wildman–Crippen MR) is 70.7 cm³/mol. The molecule has 0 fully saturated rings. The van der Waals surface area contributed by atoms with Gasteiger partial charge in [-0.15, -0.1) is 0 Å². The van der Waals surface area contributed by atoms with Crippen LogP contribution in [0.2, 0.25) is 0 Å². The number of unbranched alkanes of at least 4 members (excludes halogenated alkanes) is 2. The van der Waals surface area contributed by atoms with Crippen LogP contribution in [0.15, 0.2) is 22.7 Å². The number of carbonyl (C=O) groups is 1. The lowest BCUT2D eigenvalue weighted by Gasteiger charge is -2.07. The van der Waals surface area contributed by atoms with Crippen molar-refractivity contribution in [1.82, 2.24) is 5.32 Å². The van der Waals surface area contributed by atoms with Gasteiger partial charge in [0.15, 0.2) is 0 Å². The Morgan fingerprint density at radius 3 is 2.94 bits per heavy atom. The molecule has 1 rings (SSSR count). The van der Waals surface area contributed by atoms with Gasteiger partial charge in [-0.1, -0.05) is 12.1 Å². The maximum atomic E-state index is 11.8. The number of carbonyl (C=O) groups excluding carboxylic acids is 1. The summed E-state index contributed by atoms with van der Waals surface area (Å²) in [6.45, 7) is 2.56. The fourth-order valence-electron chi connectivity index (χ4n) is 1.45. The molecule has 1 N–H and O–H groups in total. The molecule has 0 saturated heterocycles. The lowest BCUT2D eigenvalue weighted by atomic mass is 10.1. The summed E-state index contributed by atoms with van der Waals surface area (Å²) in [7, 11) is 0. The maximum Gasteiger partial charge on any atom is 0.252 e. The van der Waals surface area contributed by atoms with E-state index in [4.69, 9.17) is 5.26 Å². The quantitative estimate of drug-likeness (QED) is 0.848. The smallest absolute Gasteiger partial charge is 0.252 e. The van der Waals surface area contributed by atoms with E-state index in [-0.39, 0.29) is 5.91 Å². The lowest BCUT2D eigenvalue weighted by Crippen LogP contribution is -2.24. The molecule has 0 saturated carbocycles. The molecule has 3 nitrogen and oxygen atoms in total. The minimum Gasteiger partial charge on any atom is -0.352 e. The second kappa shape index (κ2) is 7.08. The molecule has 1 aromatic rings. The first-order chi connectivity index (χ1) is 8.16. The molecule has 0 bridgehead atoms. The van der Waals surface area contributed by atoms with Gasteiger partial charge in [0.25, 0.3) is 5.91 Å². The SMILES string of the molecule is Cc1cccc(C(=O)NCCCCC#N)c1Br. The van der Waals surface area contributed by atoms with E-state index in [2.05, 4.69) is 27.3 Å². The van der Waals surface area contributed by atoms with E-state index in [1.54, 1.807) is 6.07 Å². The highest BCUT2D eigenvalue weighted by molar-refractivity contribution is 9.10. The van der Waals surface area contributed by atoms with Crippen molar-refractivity contribution in [2.24, 2.45) is 0 Å². The molecular formula is C13H15BrN2O. The van der Waals surface area contributed by atoms with Crippen LogP contribution in [0.25, 0.3) is 0 Å². The fourth-order valence-corrected chi connectivity index (χ4v) is 1.89. The molecule has 4 heteroatoms. The molecule has 1 aromatic carbocycles. The molecule has 0 atom stereocenters. The van der Waals surface area contributed by atoms with Crippen LogP contribution in [-0.2, 0) is 0 Å². The Hall–Kier alpha value is -1.34. The second-order valence-corrected chi connectivity index (χ2v) is 4.60. The highest BCUT2D eigenvalue weighted by Crippen LogP contribution is 2.20. The average Bonchev–Trinajstić information content (AvgIpc) is 2.32. The van der Waals surface area contributed by atoms with Gasteiger partial charge in [0.2, 0.25) is 0 Å². The van der Waals surface area contributed by atoms with Crippen LogP contribution in [0, 0.1) is 18.3 Å². The topological polar surface area (TPSA) is 52.9 Å². The molecule has 0 heterocycles. The van der Waals surface area contributed by atoms with Crippen LogP contribution in [-0.4, -0.2) is 12.5 Å². The van der Waals surface area contributed by atoms with Crippen molar-refractivity contribution >= 4 is 21.8 Å². The molecule has 0 radical (unpaired) electrons. The van der Waals surface area contributed by atoms with Crippen molar-refractivity contribution in [1.29, 1.82) is 5.26 Å². The zero-order valence-electron chi connectivity index (χ0n) is 9.79. The van der Waals surface area contributed by atoms with Gasteiger partial charge in [-0.3, -0.25) is 4.79 Å². The first-order valence-corrected chi connectivity index (χ1v) is 6.36. The normalized spacial score (nSPS) is 9.71. The Kier molecular flexibility index (Phi) is 5.71. The van der Waals surface area contributed by atoms with E-state index in [0.29, 0.717) is 18.5 Å². The number of aryl methyl sites for hydroxylation is 1. The van der Waals surface area contributed by atoms with E-state index in [9.17, 15) is 4.79 Å². The van der Waals surface area contributed by atoms with E-state index >= 15 is 0 Å². The molecule has 0 aliphatic heterocycles. The number of nitrogens with one attached hydrogen (secondary N) is 1. The molecule has 1 amide bonds. The van der Waals surface area contributed by atoms with E-state index in [1.807, 2.05) is 19.1 Å². The van der Waals surface area contributed by atoms with E-state index < -0.39 is 0 Å². The van der Waals surface area contributed by atoms with Gasteiger partial charge in [0.05, 0.1) is 11.6 Å². The first kappa shape index (κ1) is 13.7. The summed E-state index contributed by atoms with van der Waals surface area (Å²) in [5.74, 6) is -0.0717. The molecule has 0 aliphatic carbocycles. The van der Waals surface area contributed by atoms with Crippen LogP contribution in [0.4, 0.5) is 0 Å². The van der Waals surface area contributed by atoms with Crippen LogP contribution >= 0.6 is 15.9 Å². The number of nitriles is 1. The number of hydrogen-bond donors (Lipinski definition) is 1. The van der Waals surface area contributed by atoms with Gasteiger partial charge in [-0.05, 0) is 47.3 Å². The molecule has 0 unspecified atom stereocenters. The number of halogens is 1. The Labute approximate surface area is 110 Å². The van der Waals surface area contributed by atoms with Gasteiger partial charge < -0.3 is 5.32 Å². The number of amides is 1. The van der Waals surface area contributed by atoms with Gasteiger partial charge >= 0.3 is 0 Å². The third-order valence-corrected chi connectivity index (χ3v) is 3.49. The number of benzene rings is 1. The minimum absolute atomic E-state index is 0.0717. The standard InChI is InChI=1S/C13H15BrN2O/c1-10-6-5-7-11(12(10)14)13(17)16-9-4-2-3-8-15/h5-7H,2-4,9H2,1H3,(H,16,17). The summed E-state index contributed by atoms with van der Waals surface area (Å²) < 4.78 is 0.842. The summed E-state index contributed by atoms with van der Waals surface area (Å²) in [6, 6.07) is 7.70. The third-order valence-electron chi connectivity index (χ3n) is 2.44. The summed E-state index contributed by atoms with van der Waals surface area (Å²) >= 11 is 3.41. The average molecular weight is 295 g/mol. The van der Waals surface area contributed by atoms with Crippen LogP contribution in [0.1, 0.15) is 35.2 Å². The summed E-state index contributed by atoms with van der Waals surface area (Å²) in [5, 5.41) is 11.2. The highest BCUT2D eigenvalue weighted by Gasteiger charge is 2.10. The minimum atomic E-state index is -0.0717. The zero-order valence-corrected chi connectivity index (χ0v) is 11.4. The summed E-state index contributed by atoms with van der Waals surface area (Å²) in [5.41, 5.74) is 1.70. The van der Waals surface area contributed by atoms with E-state index in [1.165, 1.54) is 0 Å².